The van der Waals surface area contributed by atoms with E-state index in [0.717, 1.165) is 15.5 Å². The zero-order chi connectivity index (χ0) is 29.2. The highest BCUT2D eigenvalue weighted by Gasteiger charge is 2.36. The third-order valence-electron chi connectivity index (χ3n) is 6.04. The number of benzene rings is 1. The number of nitrogens with zero attached hydrogens (tertiary/aromatic N) is 5. The number of anilines is 4. The fourth-order valence-electron chi connectivity index (χ4n) is 3.90. The number of hydrogen-bond donors (Lipinski definition) is 2. The summed E-state index contributed by atoms with van der Waals surface area (Å²) in [5.74, 6) is -1.41. The van der Waals surface area contributed by atoms with Gasteiger partial charge >= 0.3 is 6.18 Å². The molecule has 0 saturated carbocycles. The van der Waals surface area contributed by atoms with Gasteiger partial charge in [-0.1, -0.05) is 12.1 Å². The number of halogens is 5. The van der Waals surface area contributed by atoms with Crippen LogP contribution in [-0.2, 0) is 22.7 Å². The van der Waals surface area contributed by atoms with E-state index in [1.807, 2.05) is 0 Å². The van der Waals surface area contributed by atoms with Crippen LogP contribution in [0.15, 0.2) is 48.8 Å². The molecular formula is C24H24F5N7O3S. The van der Waals surface area contributed by atoms with Crippen LogP contribution < -0.4 is 14.9 Å². The van der Waals surface area contributed by atoms with Gasteiger partial charge in [0.2, 0.25) is 16.0 Å². The van der Waals surface area contributed by atoms with Crippen LogP contribution in [0.25, 0.3) is 0 Å². The molecule has 1 aliphatic heterocycles. The minimum atomic E-state index is -4.81. The zero-order valence-electron chi connectivity index (χ0n) is 21.2. The Morgan fingerprint density at radius 2 is 1.82 bits per heavy atom. The Balaban J connectivity index is 1.57. The number of alkyl halides is 5. The molecule has 1 amide bonds. The first-order valence-corrected chi connectivity index (χ1v) is 13.6. The third-order valence-corrected chi connectivity index (χ3v) is 7.21. The van der Waals surface area contributed by atoms with Crippen LogP contribution in [0.5, 0.6) is 0 Å². The molecule has 4 rings (SSSR count). The van der Waals surface area contributed by atoms with Crippen molar-refractivity contribution in [3.8, 4) is 0 Å². The van der Waals surface area contributed by atoms with Gasteiger partial charge in [0.15, 0.2) is 12.3 Å². The first kappa shape index (κ1) is 28.9. The van der Waals surface area contributed by atoms with E-state index in [-0.39, 0.29) is 48.2 Å². The largest absolute Gasteiger partial charge is 0.421 e. The van der Waals surface area contributed by atoms with E-state index in [4.69, 9.17) is 0 Å². The molecule has 2 aromatic heterocycles. The first-order chi connectivity index (χ1) is 18.7. The normalized spacial score (nSPS) is 17.5. The predicted molar refractivity (Wildman–Crippen MR) is 137 cm³/mol. The average Bonchev–Trinajstić information content (AvgIpc) is 3.23. The molecule has 1 aliphatic rings. The highest BCUT2D eigenvalue weighted by Crippen LogP contribution is 2.34. The van der Waals surface area contributed by atoms with Crippen LogP contribution in [0.3, 0.4) is 0 Å². The average molecular weight is 586 g/mol. The standard InChI is InChI=1S/C24H24F5N7O3S/c1-35(40(2,38)39)21-15(6-4-8-30-21)10-31-20-17(24(27,28)29)11-32-23(34-20)33-16-7-3-5-14(9-16)22(37)36-12-18(25)19(26)13-36/h3-9,11,18-19H,10,12-13H2,1-2H3,(H2,31,32,33,34). The van der Waals surface area contributed by atoms with E-state index in [9.17, 15) is 35.2 Å². The molecule has 0 spiro atoms. The van der Waals surface area contributed by atoms with Crippen LogP contribution >= 0.6 is 0 Å². The van der Waals surface area contributed by atoms with Crippen molar-refractivity contribution < 1.29 is 35.2 Å². The molecule has 10 nitrogen and oxygen atoms in total. The van der Waals surface area contributed by atoms with Crippen LogP contribution in [0.2, 0.25) is 0 Å². The summed E-state index contributed by atoms with van der Waals surface area (Å²) in [5, 5.41) is 5.31. The minimum Gasteiger partial charge on any atom is -0.365 e. The van der Waals surface area contributed by atoms with Crippen molar-refractivity contribution >= 4 is 39.2 Å². The van der Waals surface area contributed by atoms with Crippen molar-refractivity contribution in [1.82, 2.24) is 19.9 Å². The fraction of sp³-hybridized carbons (Fsp3) is 0.333. The van der Waals surface area contributed by atoms with Crippen molar-refractivity contribution in [2.45, 2.75) is 25.1 Å². The van der Waals surface area contributed by atoms with Crippen molar-refractivity contribution in [1.29, 1.82) is 0 Å². The van der Waals surface area contributed by atoms with Gasteiger partial charge in [-0.05, 0) is 24.3 Å². The van der Waals surface area contributed by atoms with Crippen LogP contribution in [0.4, 0.5) is 45.2 Å². The lowest BCUT2D eigenvalue weighted by atomic mass is 10.2. The number of amides is 1. The molecule has 0 bridgehead atoms. The Morgan fingerprint density at radius 3 is 2.48 bits per heavy atom. The summed E-state index contributed by atoms with van der Waals surface area (Å²) in [5.41, 5.74) is -0.528. The number of carbonyl (C=O) groups excluding carboxylic acids is 1. The second-order valence-electron chi connectivity index (χ2n) is 8.97. The lowest BCUT2D eigenvalue weighted by molar-refractivity contribution is -0.137. The summed E-state index contributed by atoms with van der Waals surface area (Å²) in [6.07, 6.45) is -5.47. The highest BCUT2D eigenvalue weighted by molar-refractivity contribution is 7.92. The number of hydrogen-bond acceptors (Lipinski definition) is 8. The maximum Gasteiger partial charge on any atom is 0.421 e. The highest BCUT2D eigenvalue weighted by atomic mass is 32.2. The number of sulfonamides is 1. The van der Waals surface area contributed by atoms with Crippen molar-refractivity contribution in [3.63, 3.8) is 0 Å². The molecule has 2 atom stereocenters. The molecule has 2 unspecified atom stereocenters. The lowest BCUT2D eigenvalue weighted by Gasteiger charge is -2.20. The van der Waals surface area contributed by atoms with Gasteiger partial charge in [0.1, 0.15) is 17.2 Å². The molecule has 40 heavy (non-hydrogen) atoms. The zero-order valence-corrected chi connectivity index (χ0v) is 22.0. The number of rotatable bonds is 8. The van der Waals surface area contributed by atoms with E-state index in [1.165, 1.54) is 49.6 Å². The Morgan fingerprint density at radius 1 is 1.12 bits per heavy atom. The van der Waals surface area contributed by atoms with Gasteiger partial charge in [-0.2, -0.15) is 18.2 Å². The Bertz CT molecular complexity index is 1500. The topological polar surface area (TPSA) is 120 Å². The van der Waals surface area contributed by atoms with E-state index < -0.39 is 45.8 Å². The molecule has 0 aliphatic carbocycles. The predicted octanol–water partition coefficient (Wildman–Crippen LogP) is 3.77. The summed E-state index contributed by atoms with van der Waals surface area (Å²) in [6, 6.07) is 8.80. The molecule has 2 N–H and O–H groups in total. The van der Waals surface area contributed by atoms with Crippen molar-refractivity contribution in [2.24, 2.45) is 0 Å². The first-order valence-electron chi connectivity index (χ1n) is 11.7. The van der Waals surface area contributed by atoms with E-state index in [2.05, 4.69) is 25.6 Å². The smallest absolute Gasteiger partial charge is 0.365 e. The second kappa shape index (κ2) is 11.2. The van der Waals surface area contributed by atoms with Gasteiger partial charge in [0.05, 0.1) is 19.3 Å². The Kier molecular flexibility index (Phi) is 8.09. The fourth-order valence-corrected chi connectivity index (χ4v) is 4.38. The van der Waals surface area contributed by atoms with E-state index in [0.29, 0.717) is 6.20 Å². The lowest BCUT2D eigenvalue weighted by Crippen LogP contribution is -2.29. The monoisotopic (exact) mass is 585 g/mol. The number of carbonyl (C=O) groups is 1. The molecule has 3 heterocycles. The van der Waals surface area contributed by atoms with E-state index in [1.54, 1.807) is 0 Å². The van der Waals surface area contributed by atoms with Gasteiger partial charge in [0, 0.05) is 42.8 Å². The molecule has 214 valence electrons. The summed E-state index contributed by atoms with van der Waals surface area (Å²) in [6.45, 7) is -1.02. The Hall–Kier alpha value is -4.08. The molecule has 1 aromatic carbocycles. The molecular weight excluding hydrogens is 561 g/mol. The summed E-state index contributed by atoms with van der Waals surface area (Å²) in [4.78, 5) is 25.4. The van der Waals surface area contributed by atoms with Gasteiger partial charge in [-0.25, -0.2) is 27.2 Å². The number of nitrogens with one attached hydrogen (secondary N) is 2. The van der Waals surface area contributed by atoms with Gasteiger partial charge in [-0.3, -0.25) is 9.10 Å². The molecule has 1 saturated heterocycles. The maximum atomic E-state index is 13.7. The van der Waals surface area contributed by atoms with Gasteiger partial charge in [0.25, 0.3) is 5.91 Å². The van der Waals surface area contributed by atoms with Crippen LogP contribution in [0.1, 0.15) is 21.5 Å². The number of pyridine rings is 1. The molecule has 16 heteroatoms. The van der Waals surface area contributed by atoms with Crippen LogP contribution in [0, 0.1) is 0 Å². The second-order valence-corrected chi connectivity index (χ2v) is 11.0. The maximum absolute atomic E-state index is 13.7. The summed E-state index contributed by atoms with van der Waals surface area (Å²) < 4.78 is 93.0. The number of aromatic nitrogens is 3. The summed E-state index contributed by atoms with van der Waals surface area (Å²) in [7, 11) is -2.42. The summed E-state index contributed by atoms with van der Waals surface area (Å²) >= 11 is 0. The van der Waals surface area contributed by atoms with Crippen LogP contribution in [-0.4, -0.2) is 72.9 Å². The quantitative estimate of drug-likeness (QED) is 0.384. The Labute approximate surface area is 226 Å². The van der Waals surface area contributed by atoms with Gasteiger partial charge < -0.3 is 15.5 Å². The van der Waals surface area contributed by atoms with Gasteiger partial charge in [-0.15, -0.1) is 0 Å². The molecule has 0 radical (unpaired) electrons. The third kappa shape index (κ3) is 6.55. The molecule has 1 fully saturated rings. The van der Waals surface area contributed by atoms with Crippen molar-refractivity contribution in [2.75, 3.05) is 41.3 Å². The SMILES string of the molecule is CN(c1ncccc1CNc1nc(Nc2cccc(C(=O)N3CC(F)C(F)C3)c2)ncc1C(F)(F)F)S(C)(=O)=O. The molecule has 3 aromatic rings. The minimum absolute atomic E-state index is 0.0242. The number of likely N-dealkylation sites (tertiary alicyclic amines) is 1. The van der Waals surface area contributed by atoms with E-state index >= 15 is 0 Å². The van der Waals surface area contributed by atoms with Crippen molar-refractivity contribution in [3.05, 3.63) is 65.5 Å².